The maximum atomic E-state index is 14.5. The number of alkyl halides is 2. The second kappa shape index (κ2) is 7.94. The largest absolute Gasteiger partial charge is 0.444 e. The molecule has 1 aliphatic rings. The molecule has 3 atom stereocenters. The van der Waals surface area contributed by atoms with Crippen molar-refractivity contribution in [3.8, 4) is 0 Å². The molecule has 0 spiro atoms. The number of fused-ring (bicyclic) bond motifs is 1. The number of rotatable bonds is 5. The highest BCUT2D eigenvalue weighted by molar-refractivity contribution is 5.95. The molecule has 30 heavy (non-hydrogen) atoms. The Morgan fingerprint density at radius 2 is 2.03 bits per heavy atom. The lowest BCUT2D eigenvalue weighted by Gasteiger charge is -2.21. The third-order valence-electron chi connectivity index (χ3n) is 4.75. The van der Waals surface area contributed by atoms with Gasteiger partial charge in [0.05, 0.1) is 12.0 Å². The number of carbonyl (C=O) groups is 1. The average Bonchev–Trinajstić information content (AvgIpc) is 3.27. The van der Waals surface area contributed by atoms with Gasteiger partial charge in [0.2, 0.25) is 6.23 Å². The molecule has 1 aromatic carbocycles. The number of aromatic nitrogens is 3. The van der Waals surface area contributed by atoms with Gasteiger partial charge in [-0.1, -0.05) is 30.3 Å². The first-order valence-electron chi connectivity index (χ1n) is 9.03. The fraction of sp³-hybridized carbons (Fsp3) is 0.316. The molecule has 0 bridgehead atoms. The lowest BCUT2D eigenvalue weighted by molar-refractivity contribution is -0.138. The van der Waals surface area contributed by atoms with E-state index in [9.17, 15) is 18.7 Å². The van der Waals surface area contributed by atoms with E-state index in [1.165, 1.54) is 12.3 Å². The highest BCUT2D eigenvalue weighted by atomic mass is 19.3. The van der Waals surface area contributed by atoms with E-state index in [4.69, 9.17) is 14.6 Å². The molecule has 2 aromatic heterocycles. The smallest absolute Gasteiger partial charge is 0.413 e. The van der Waals surface area contributed by atoms with E-state index in [0.717, 1.165) is 16.5 Å². The molecule has 1 unspecified atom stereocenters. The van der Waals surface area contributed by atoms with Crippen LogP contribution in [0.4, 0.5) is 19.4 Å². The van der Waals surface area contributed by atoms with Crippen LogP contribution in [-0.4, -0.2) is 55.6 Å². The Balaban J connectivity index is 1.54. The van der Waals surface area contributed by atoms with Gasteiger partial charge in [-0.3, -0.25) is 5.32 Å². The number of aliphatic hydroxyl groups is 2. The van der Waals surface area contributed by atoms with E-state index in [1.807, 2.05) is 18.2 Å². The Hall–Kier alpha value is -3.15. The van der Waals surface area contributed by atoms with Crippen LogP contribution in [0.25, 0.3) is 11.0 Å². The molecule has 0 radical (unpaired) electrons. The molecule has 158 valence electrons. The first-order valence-corrected chi connectivity index (χ1v) is 9.03. The van der Waals surface area contributed by atoms with E-state index in [-0.39, 0.29) is 23.5 Å². The van der Waals surface area contributed by atoms with E-state index in [2.05, 4.69) is 15.3 Å². The van der Waals surface area contributed by atoms with Gasteiger partial charge in [0.25, 0.3) is 0 Å². The predicted molar refractivity (Wildman–Crippen MR) is 99.7 cm³/mol. The number of nitrogens with zero attached hydrogens (tertiary/aromatic N) is 3. The van der Waals surface area contributed by atoms with Crippen LogP contribution in [-0.2, 0) is 16.1 Å². The molecule has 0 saturated carbocycles. The van der Waals surface area contributed by atoms with Gasteiger partial charge in [-0.05, 0) is 11.6 Å². The molecule has 9 nitrogen and oxygen atoms in total. The quantitative estimate of drug-likeness (QED) is 0.578. The Labute approximate surface area is 168 Å². The van der Waals surface area contributed by atoms with Gasteiger partial charge in [0.1, 0.15) is 30.5 Å². The number of benzene rings is 1. The molecule has 1 saturated heterocycles. The van der Waals surface area contributed by atoms with Gasteiger partial charge < -0.3 is 24.3 Å². The summed E-state index contributed by atoms with van der Waals surface area (Å²) in [6.45, 7) is -0.716. The highest BCUT2D eigenvalue weighted by Gasteiger charge is 2.59. The summed E-state index contributed by atoms with van der Waals surface area (Å²) >= 11 is 0. The Morgan fingerprint density at radius 1 is 1.27 bits per heavy atom. The molecule has 1 amide bonds. The summed E-state index contributed by atoms with van der Waals surface area (Å²) in [5.74, 6) is -3.59. The summed E-state index contributed by atoms with van der Waals surface area (Å²) in [5.41, 5.74) is 0.850. The average molecular weight is 420 g/mol. The minimum atomic E-state index is -3.66. The monoisotopic (exact) mass is 420 g/mol. The van der Waals surface area contributed by atoms with Crippen LogP contribution in [0.5, 0.6) is 0 Å². The van der Waals surface area contributed by atoms with Crippen LogP contribution < -0.4 is 5.32 Å². The van der Waals surface area contributed by atoms with E-state index in [1.54, 1.807) is 12.1 Å². The van der Waals surface area contributed by atoms with Gasteiger partial charge >= 0.3 is 12.0 Å². The van der Waals surface area contributed by atoms with Crippen LogP contribution in [0.15, 0.2) is 48.9 Å². The second-order valence-corrected chi connectivity index (χ2v) is 6.70. The summed E-state index contributed by atoms with van der Waals surface area (Å²) in [4.78, 5) is 20.1. The lowest BCUT2D eigenvalue weighted by Crippen LogP contribution is -2.39. The van der Waals surface area contributed by atoms with Crippen LogP contribution in [0.3, 0.4) is 0 Å². The standard InChI is InChI=1S/C19H18F2N4O5/c20-19(21)14(27)13(8-26)30-17(19)25-7-6-12-15(22-10-23-16(12)25)24-18(28)29-9-11-4-2-1-3-5-11/h1-7,10,13-14,17,26-27H,8-9H2,(H,22,23,24,28)/t13-,14-,17?/m1/s1. The maximum Gasteiger partial charge on any atom is 0.413 e. The number of carbonyl (C=O) groups excluding carboxylic acids is 1. The van der Waals surface area contributed by atoms with Crippen molar-refractivity contribution in [2.75, 3.05) is 11.9 Å². The first-order chi connectivity index (χ1) is 14.4. The Bertz CT molecular complexity index is 1050. The molecule has 3 N–H and O–H groups in total. The fourth-order valence-electron chi connectivity index (χ4n) is 3.23. The number of hydrogen-bond acceptors (Lipinski definition) is 7. The van der Waals surface area contributed by atoms with Crippen molar-refractivity contribution in [2.45, 2.75) is 31.0 Å². The number of amides is 1. The number of nitrogens with one attached hydrogen (secondary N) is 1. The second-order valence-electron chi connectivity index (χ2n) is 6.70. The van der Waals surface area contributed by atoms with Gasteiger partial charge in [-0.25, -0.2) is 14.8 Å². The molecule has 3 aromatic rings. The van der Waals surface area contributed by atoms with Gasteiger partial charge in [-0.15, -0.1) is 0 Å². The number of hydrogen-bond donors (Lipinski definition) is 3. The van der Waals surface area contributed by atoms with Crippen molar-refractivity contribution < 1.29 is 33.3 Å². The van der Waals surface area contributed by atoms with E-state index < -0.39 is 37.1 Å². The first kappa shape index (κ1) is 20.1. The summed E-state index contributed by atoms with van der Waals surface area (Å²) in [7, 11) is 0. The van der Waals surface area contributed by atoms with E-state index in [0.29, 0.717) is 0 Å². The molecule has 1 aliphatic heterocycles. The number of halogens is 2. The zero-order valence-electron chi connectivity index (χ0n) is 15.5. The summed E-state index contributed by atoms with van der Waals surface area (Å²) in [5, 5.41) is 21.6. The van der Waals surface area contributed by atoms with Crippen LogP contribution >= 0.6 is 0 Å². The number of anilines is 1. The highest BCUT2D eigenvalue weighted by Crippen LogP contribution is 2.44. The van der Waals surface area contributed by atoms with Gasteiger partial charge in [0.15, 0.2) is 6.10 Å². The molecule has 4 rings (SSSR count). The third-order valence-corrected chi connectivity index (χ3v) is 4.75. The summed E-state index contributed by atoms with van der Waals surface area (Å²) < 4.78 is 40.2. The predicted octanol–water partition coefficient (Wildman–Crippen LogP) is 2.07. The number of aliphatic hydroxyl groups excluding tert-OH is 2. The minimum Gasteiger partial charge on any atom is -0.444 e. The minimum absolute atomic E-state index is 0.0461. The van der Waals surface area contributed by atoms with Crippen molar-refractivity contribution in [1.29, 1.82) is 0 Å². The van der Waals surface area contributed by atoms with Crippen molar-refractivity contribution in [2.24, 2.45) is 0 Å². The maximum absolute atomic E-state index is 14.5. The van der Waals surface area contributed by atoms with Gasteiger partial charge in [0, 0.05) is 6.20 Å². The molecular formula is C19H18F2N4O5. The molecule has 0 aliphatic carbocycles. The summed E-state index contributed by atoms with van der Waals surface area (Å²) in [6.07, 6.45) is -3.88. The van der Waals surface area contributed by atoms with Crippen LogP contribution in [0, 0.1) is 0 Å². The fourth-order valence-corrected chi connectivity index (χ4v) is 3.23. The summed E-state index contributed by atoms with van der Waals surface area (Å²) in [6, 6.07) is 10.5. The molecular weight excluding hydrogens is 402 g/mol. The van der Waals surface area contributed by atoms with Crippen molar-refractivity contribution in [3.05, 3.63) is 54.5 Å². The zero-order chi connectivity index (χ0) is 21.3. The topological polar surface area (TPSA) is 119 Å². The third kappa shape index (κ3) is 3.58. The number of ether oxygens (including phenoxy) is 2. The van der Waals surface area contributed by atoms with Crippen molar-refractivity contribution >= 4 is 22.9 Å². The Kier molecular flexibility index (Phi) is 5.33. The Morgan fingerprint density at radius 3 is 2.73 bits per heavy atom. The van der Waals surface area contributed by atoms with Crippen molar-refractivity contribution in [1.82, 2.24) is 14.5 Å². The van der Waals surface area contributed by atoms with Crippen LogP contribution in [0.2, 0.25) is 0 Å². The zero-order valence-corrected chi connectivity index (χ0v) is 15.5. The molecule has 11 heteroatoms. The van der Waals surface area contributed by atoms with Gasteiger partial charge in [-0.2, -0.15) is 8.78 Å². The molecule has 3 heterocycles. The van der Waals surface area contributed by atoms with Crippen molar-refractivity contribution in [3.63, 3.8) is 0 Å². The molecule has 1 fully saturated rings. The SMILES string of the molecule is O=C(Nc1ncnc2c1ccn2C1O[C@H](CO)[C@@H](O)C1(F)F)OCc1ccccc1. The van der Waals surface area contributed by atoms with Crippen LogP contribution in [0.1, 0.15) is 11.8 Å². The van der Waals surface area contributed by atoms with E-state index >= 15 is 0 Å². The lowest BCUT2D eigenvalue weighted by atomic mass is 10.1. The normalized spacial score (nSPS) is 22.9.